The van der Waals surface area contributed by atoms with Crippen LogP contribution in [0.2, 0.25) is 0 Å². The van der Waals surface area contributed by atoms with Crippen molar-refractivity contribution in [2.24, 2.45) is 5.92 Å². The van der Waals surface area contributed by atoms with Crippen LogP contribution in [0.5, 0.6) is 0 Å². The largest absolute Gasteiger partial charge is 0.392 e. The molecule has 1 aromatic rings. The maximum Gasteiger partial charge on any atom is 0.292 e. The van der Waals surface area contributed by atoms with E-state index in [9.17, 15) is 10.1 Å². The molecule has 1 fully saturated rings. The first-order valence-electron chi connectivity index (χ1n) is 6.40. The Hall–Kier alpha value is -1.66. The van der Waals surface area contributed by atoms with Crippen molar-refractivity contribution in [3.63, 3.8) is 0 Å². The minimum atomic E-state index is -0.425. The van der Waals surface area contributed by atoms with Gasteiger partial charge in [-0.05, 0) is 30.4 Å². The van der Waals surface area contributed by atoms with Gasteiger partial charge in [-0.3, -0.25) is 10.1 Å². The number of aliphatic hydroxyl groups is 1. The molecular formula is C13H18N2O4. The Bertz CT molecular complexity index is 444. The van der Waals surface area contributed by atoms with Gasteiger partial charge in [0.25, 0.3) is 5.69 Å². The van der Waals surface area contributed by atoms with E-state index in [1.807, 2.05) is 0 Å². The average Bonchev–Trinajstić information content (AvgIpc) is 2.46. The van der Waals surface area contributed by atoms with Gasteiger partial charge in [0.1, 0.15) is 5.69 Å². The first kappa shape index (κ1) is 13.8. The zero-order valence-corrected chi connectivity index (χ0v) is 10.7. The van der Waals surface area contributed by atoms with E-state index in [0.29, 0.717) is 23.7 Å². The highest BCUT2D eigenvalue weighted by Gasteiger charge is 2.17. The number of nitrogens with zero attached hydrogens (tertiary/aromatic N) is 1. The van der Waals surface area contributed by atoms with Gasteiger partial charge in [0.2, 0.25) is 0 Å². The van der Waals surface area contributed by atoms with Gasteiger partial charge in [0.15, 0.2) is 0 Å². The van der Waals surface area contributed by atoms with Crippen LogP contribution in [0.25, 0.3) is 0 Å². The summed E-state index contributed by atoms with van der Waals surface area (Å²) in [5, 5.41) is 23.2. The molecule has 0 saturated carbocycles. The molecule has 2 rings (SSSR count). The molecule has 0 spiro atoms. The number of aliphatic hydroxyl groups excluding tert-OH is 1. The Labute approximate surface area is 111 Å². The molecule has 1 aliphatic rings. The van der Waals surface area contributed by atoms with Crippen molar-refractivity contribution in [1.82, 2.24) is 0 Å². The lowest BCUT2D eigenvalue weighted by Crippen LogP contribution is -2.22. The number of ether oxygens (including phenoxy) is 1. The van der Waals surface area contributed by atoms with Crippen molar-refractivity contribution in [1.29, 1.82) is 0 Å². The van der Waals surface area contributed by atoms with E-state index in [0.717, 1.165) is 26.1 Å². The van der Waals surface area contributed by atoms with Crippen molar-refractivity contribution in [2.75, 3.05) is 25.1 Å². The minimum Gasteiger partial charge on any atom is -0.392 e. The quantitative estimate of drug-likeness (QED) is 0.628. The highest BCUT2D eigenvalue weighted by atomic mass is 16.6. The van der Waals surface area contributed by atoms with Crippen molar-refractivity contribution in [3.8, 4) is 0 Å². The Balaban J connectivity index is 2.04. The summed E-state index contributed by atoms with van der Waals surface area (Å²) in [4.78, 5) is 10.6. The predicted molar refractivity (Wildman–Crippen MR) is 71.1 cm³/mol. The minimum absolute atomic E-state index is 0.0126. The highest BCUT2D eigenvalue weighted by Crippen LogP contribution is 2.26. The maximum atomic E-state index is 11.0. The lowest BCUT2D eigenvalue weighted by molar-refractivity contribution is -0.384. The smallest absolute Gasteiger partial charge is 0.292 e. The zero-order valence-electron chi connectivity index (χ0n) is 10.7. The molecule has 0 radical (unpaired) electrons. The molecule has 19 heavy (non-hydrogen) atoms. The molecule has 104 valence electrons. The number of rotatable bonds is 5. The molecule has 0 unspecified atom stereocenters. The second-order valence-corrected chi connectivity index (χ2v) is 4.70. The molecule has 0 aliphatic carbocycles. The molecule has 0 atom stereocenters. The zero-order chi connectivity index (χ0) is 13.7. The van der Waals surface area contributed by atoms with Crippen LogP contribution < -0.4 is 5.32 Å². The van der Waals surface area contributed by atoms with Crippen molar-refractivity contribution >= 4 is 11.4 Å². The first-order chi connectivity index (χ1) is 9.20. The second kappa shape index (κ2) is 6.49. The van der Waals surface area contributed by atoms with Crippen LogP contribution in [0.4, 0.5) is 11.4 Å². The summed E-state index contributed by atoms with van der Waals surface area (Å²) in [6.07, 6.45) is 1.96. The number of anilines is 1. The van der Waals surface area contributed by atoms with E-state index < -0.39 is 4.92 Å². The standard InChI is InChI=1S/C13H18N2O4/c16-9-11-1-2-12(13(7-11)15(17)18)14-8-10-3-5-19-6-4-10/h1-2,7,10,14,16H,3-6,8-9H2. The molecule has 0 bridgehead atoms. The van der Waals surface area contributed by atoms with E-state index in [1.165, 1.54) is 6.07 Å². The Kier molecular flexibility index (Phi) is 4.70. The summed E-state index contributed by atoms with van der Waals surface area (Å²) in [5.41, 5.74) is 1.07. The van der Waals surface area contributed by atoms with Crippen LogP contribution in [0, 0.1) is 16.0 Å². The van der Waals surface area contributed by atoms with Gasteiger partial charge in [-0.25, -0.2) is 0 Å². The van der Waals surface area contributed by atoms with Gasteiger partial charge < -0.3 is 15.2 Å². The average molecular weight is 266 g/mol. The third kappa shape index (κ3) is 3.65. The normalized spacial score (nSPS) is 16.3. The molecular weight excluding hydrogens is 248 g/mol. The van der Waals surface area contributed by atoms with Gasteiger partial charge >= 0.3 is 0 Å². The Morgan fingerprint density at radius 2 is 2.16 bits per heavy atom. The summed E-state index contributed by atoms with van der Waals surface area (Å²) in [5.74, 6) is 0.492. The molecule has 0 amide bonds. The predicted octanol–water partition coefficient (Wildman–Crippen LogP) is 1.93. The fourth-order valence-electron chi connectivity index (χ4n) is 2.18. The second-order valence-electron chi connectivity index (χ2n) is 4.70. The van der Waals surface area contributed by atoms with Crippen molar-refractivity contribution in [3.05, 3.63) is 33.9 Å². The van der Waals surface area contributed by atoms with Gasteiger partial charge in [0, 0.05) is 25.8 Å². The van der Waals surface area contributed by atoms with Crippen LogP contribution in [-0.4, -0.2) is 29.8 Å². The molecule has 1 aliphatic heterocycles. The molecule has 1 saturated heterocycles. The molecule has 1 heterocycles. The summed E-state index contributed by atoms with van der Waals surface area (Å²) >= 11 is 0. The topological polar surface area (TPSA) is 84.6 Å². The number of nitro groups is 1. The van der Waals surface area contributed by atoms with E-state index in [1.54, 1.807) is 12.1 Å². The molecule has 6 heteroatoms. The Morgan fingerprint density at radius 1 is 1.42 bits per heavy atom. The summed E-state index contributed by atoms with van der Waals surface area (Å²) < 4.78 is 5.28. The molecule has 1 aromatic carbocycles. The van der Waals surface area contributed by atoms with Gasteiger partial charge in [0.05, 0.1) is 11.5 Å². The summed E-state index contributed by atoms with van der Waals surface area (Å²) in [6, 6.07) is 4.76. The van der Waals surface area contributed by atoms with Crippen molar-refractivity contribution in [2.45, 2.75) is 19.4 Å². The van der Waals surface area contributed by atoms with Gasteiger partial charge in [-0.1, -0.05) is 6.07 Å². The van der Waals surface area contributed by atoms with E-state index in [4.69, 9.17) is 9.84 Å². The summed E-state index contributed by atoms with van der Waals surface area (Å²) in [6.45, 7) is 2.04. The van der Waals surface area contributed by atoms with Crippen LogP contribution in [-0.2, 0) is 11.3 Å². The lowest BCUT2D eigenvalue weighted by atomic mass is 10.0. The van der Waals surface area contributed by atoms with Crippen LogP contribution in [0.3, 0.4) is 0 Å². The first-order valence-corrected chi connectivity index (χ1v) is 6.40. The SMILES string of the molecule is O=[N+]([O-])c1cc(CO)ccc1NCC1CCOCC1. The monoisotopic (exact) mass is 266 g/mol. The fourth-order valence-corrected chi connectivity index (χ4v) is 2.18. The highest BCUT2D eigenvalue weighted by molar-refractivity contribution is 5.62. The van der Waals surface area contributed by atoms with Gasteiger partial charge in [-0.2, -0.15) is 0 Å². The molecule has 2 N–H and O–H groups in total. The molecule has 6 nitrogen and oxygen atoms in total. The van der Waals surface area contributed by atoms with Gasteiger partial charge in [-0.15, -0.1) is 0 Å². The van der Waals surface area contributed by atoms with E-state index >= 15 is 0 Å². The number of benzene rings is 1. The van der Waals surface area contributed by atoms with Crippen LogP contribution in [0.15, 0.2) is 18.2 Å². The van der Waals surface area contributed by atoms with Crippen molar-refractivity contribution < 1.29 is 14.8 Å². The fraction of sp³-hybridized carbons (Fsp3) is 0.538. The third-order valence-corrected chi connectivity index (χ3v) is 3.36. The Morgan fingerprint density at radius 3 is 2.79 bits per heavy atom. The number of hydrogen-bond donors (Lipinski definition) is 2. The number of nitrogens with one attached hydrogen (secondary N) is 1. The summed E-state index contributed by atoms with van der Waals surface area (Å²) in [7, 11) is 0. The van der Waals surface area contributed by atoms with Crippen LogP contribution >= 0.6 is 0 Å². The number of hydrogen-bond acceptors (Lipinski definition) is 5. The molecule has 0 aromatic heterocycles. The number of nitro benzene ring substituents is 1. The van der Waals surface area contributed by atoms with E-state index in [-0.39, 0.29) is 12.3 Å². The maximum absolute atomic E-state index is 11.0. The third-order valence-electron chi connectivity index (χ3n) is 3.36. The van der Waals surface area contributed by atoms with E-state index in [2.05, 4.69) is 5.32 Å². The van der Waals surface area contributed by atoms with Crippen LogP contribution in [0.1, 0.15) is 18.4 Å². The lowest BCUT2D eigenvalue weighted by Gasteiger charge is -2.22.